The highest BCUT2D eigenvalue weighted by atomic mass is 19.4. The highest BCUT2D eigenvalue weighted by molar-refractivity contribution is 5.39. The molecule has 15 heavy (non-hydrogen) atoms. The summed E-state index contributed by atoms with van der Waals surface area (Å²) in [7, 11) is 1.12. The van der Waals surface area contributed by atoms with Crippen LogP contribution in [-0.2, 0) is 12.6 Å². The quantitative estimate of drug-likeness (QED) is 0.761. The van der Waals surface area contributed by atoms with Gasteiger partial charge in [-0.25, -0.2) is 4.98 Å². The van der Waals surface area contributed by atoms with Crippen molar-refractivity contribution in [3.8, 4) is 11.8 Å². The van der Waals surface area contributed by atoms with E-state index in [1.54, 1.807) is 6.07 Å². The Morgan fingerprint density at radius 3 is 2.67 bits per heavy atom. The fourth-order valence-corrected chi connectivity index (χ4v) is 1.14. The molecule has 0 saturated heterocycles. The third kappa shape index (κ3) is 2.37. The molecule has 0 unspecified atom stereocenters. The molecule has 0 saturated carbocycles. The molecule has 0 aromatic carbocycles. The number of pyridine rings is 1. The molecule has 0 N–H and O–H groups in total. The van der Waals surface area contributed by atoms with Crippen LogP contribution in [0, 0.1) is 11.3 Å². The van der Waals surface area contributed by atoms with Crippen LogP contribution in [0.25, 0.3) is 0 Å². The molecule has 0 spiro atoms. The number of nitriles is 1. The first-order valence-corrected chi connectivity index (χ1v) is 3.96. The molecular formula is C9H7F3N2O. The molecule has 0 radical (unpaired) electrons. The number of halogens is 3. The molecule has 1 aromatic rings. The molecule has 80 valence electrons. The van der Waals surface area contributed by atoms with Crippen LogP contribution in [0.1, 0.15) is 11.3 Å². The van der Waals surface area contributed by atoms with Gasteiger partial charge in [0.2, 0.25) is 0 Å². The first-order chi connectivity index (χ1) is 7.00. The minimum Gasteiger partial charge on any atom is -0.494 e. The SMILES string of the molecule is COc1c(CC#N)ccnc1C(F)(F)F. The van der Waals surface area contributed by atoms with Gasteiger partial charge in [0.1, 0.15) is 0 Å². The normalized spacial score (nSPS) is 10.9. The van der Waals surface area contributed by atoms with Gasteiger partial charge in [-0.1, -0.05) is 0 Å². The number of aromatic nitrogens is 1. The van der Waals surface area contributed by atoms with E-state index in [1.165, 1.54) is 6.07 Å². The van der Waals surface area contributed by atoms with E-state index in [0.717, 1.165) is 13.3 Å². The van der Waals surface area contributed by atoms with E-state index in [1.807, 2.05) is 0 Å². The Kier molecular flexibility index (Phi) is 3.14. The Labute approximate surface area is 84.1 Å². The van der Waals surface area contributed by atoms with Crippen LogP contribution in [0.4, 0.5) is 13.2 Å². The van der Waals surface area contributed by atoms with E-state index in [9.17, 15) is 13.2 Å². The van der Waals surface area contributed by atoms with Gasteiger partial charge in [-0.2, -0.15) is 18.4 Å². The Morgan fingerprint density at radius 2 is 2.20 bits per heavy atom. The lowest BCUT2D eigenvalue weighted by molar-refractivity contribution is -0.142. The summed E-state index contributed by atoms with van der Waals surface area (Å²) in [6, 6.07) is 3.09. The maximum Gasteiger partial charge on any atom is 0.437 e. The van der Waals surface area contributed by atoms with Crippen molar-refractivity contribution < 1.29 is 17.9 Å². The lowest BCUT2D eigenvalue weighted by Gasteiger charge is -2.12. The molecule has 0 aliphatic heterocycles. The van der Waals surface area contributed by atoms with Crippen molar-refractivity contribution in [1.82, 2.24) is 4.98 Å². The van der Waals surface area contributed by atoms with Crippen LogP contribution in [0.2, 0.25) is 0 Å². The molecule has 0 aliphatic carbocycles. The van der Waals surface area contributed by atoms with Crippen LogP contribution >= 0.6 is 0 Å². The van der Waals surface area contributed by atoms with E-state index in [4.69, 9.17) is 5.26 Å². The molecule has 1 heterocycles. The zero-order valence-electron chi connectivity index (χ0n) is 7.80. The van der Waals surface area contributed by atoms with Gasteiger partial charge >= 0.3 is 6.18 Å². The minimum atomic E-state index is -4.57. The largest absolute Gasteiger partial charge is 0.494 e. The second-order valence-electron chi connectivity index (χ2n) is 2.68. The van der Waals surface area contributed by atoms with E-state index in [2.05, 4.69) is 9.72 Å². The van der Waals surface area contributed by atoms with Crippen LogP contribution in [0.15, 0.2) is 12.3 Å². The predicted molar refractivity (Wildman–Crippen MR) is 45.1 cm³/mol. The van der Waals surface area contributed by atoms with E-state index in [-0.39, 0.29) is 17.7 Å². The Morgan fingerprint density at radius 1 is 1.53 bits per heavy atom. The first-order valence-electron chi connectivity index (χ1n) is 3.96. The number of alkyl halides is 3. The predicted octanol–water partition coefficient (Wildman–Crippen LogP) is 2.18. The number of ether oxygens (including phenoxy) is 1. The Hall–Kier alpha value is -1.77. The second kappa shape index (κ2) is 4.17. The summed E-state index contributed by atoms with van der Waals surface area (Å²) >= 11 is 0. The smallest absolute Gasteiger partial charge is 0.437 e. The van der Waals surface area contributed by atoms with Crippen molar-refractivity contribution in [1.29, 1.82) is 5.26 Å². The average molecular weight is 216 g/mol. The zero-order valence-corrected chi connectivity index (χ0v) is 7.80. The fraction of sp³-hybridized carbons (Fsp3) is 0.333. The average Bonchev–Trinajstić information content (AvgIpc) is 2.16. The zero-order chi connectivity index (χ0) is 11.5. The number of methoxy groups -OCH3 is 1. The molecule has 6 heteroatoms. The molecule has 0 aliphatic rings. The van der Waals surface area contributed by atoms with Gasteiger partial charge in [0.25, 0.3) is 0 Å². The van der Waals surface area contributed by atoms with Crippen molar-refractivity contribution in [3.05, 3.63) is 23.5 Å². The monoisotopic (exact) mass is 216 g/mol. The Bertz CT molecular complexity index is 395. The highest BCUT2D eigenvalue weighted by Crippen LogP contribution is 2.36. The molecule has 3 nitrogen and oxygen atoms in total. The third-order valence-electron chi connectivity index (χ3n) is 1.73. The molecule has 1 rings (SSSR count). The van der Waals surface area contributed by atoms with Crippen molar-refractivity contribution in [3.63, 3.8) is 0 Å². The molecule has 1 aromatic heterocycles. The van der Waals surface area contributed by atoms with Gasteiger partial charge < -0.3 is 4.74 Å². The van der Waals surface area contributed by atoms with Crippen LogP contribution in [0.5, 0.6) is 5.75 Å². The van der Waals surface area contributed by atoms with Crippen LogP contribution in [0.3, 0.4) is 0 Å². The van der Waals surface area contributed by atoms with Gasteiger partial charge in [-0.3, -0.25) is 0 Å². The van der Waals surface area contributed by atoms with Gasteiger partial charge in [0.05, 0.1) is 19.6 Å². The third-order valence-corrected chi connectivity index (χ3v) is 1.73. The summed E-state index contributed by atoms with van der Waals surface area (Å²) in [6.07, 6.45) is -3.70. The lowest BCUT2D eigenvalue weighted by Crippen LogP contribution is -2.11. The molecule has 0 fully saturated rings. The molecular weight excluding hydrogens is 209 g/mol. The topological polar surface area (TPSA) is 45.9 Å². The Balaban J connectivity index is 3.30. The maximum absolute atomic E-state index is 12.4. The lowest BCUT2D eigenvalue weighted by atomic mass is 10.1. The van der Waals surface area contributed by atoms with Crippen LogP contribution in [-0.4, -0.2) is 12.1 Å². The summed E-state index contributed by atoms with van der Waals surface area (Å²) in [5, 5.41) is 8.43. The summed E-state index contributed by atoms with van der Waals surface area (Å²) in [5.41, 5.74) is -0.917. The molecule has 0 bridgehead atoms. The summed E-state index contributed by atoms with van der Waals surface area (Å²) in [6.45, 7) is 0. The standard InChI is InChI=1S/C9H7F3N2O/c1-15-7-6(2-4-13)3-5-14-8(7)9(10,11)12/h3,5H,2H2,1H3. The van der Waals surface area contributed by atoms with E-state index >= 15 is 0 Å². The van der Waals surface area contributed by atoms with Crippen LogP contribution < -0.4 is 4.74 Å². The number of nitrogens with zero attached hydrogens (tertiary/aromatic N) is 2. The van der Waals surface area contributed by atoms with Crippen molar-refractivity contribution in [2.24, 2.45) is 0 Å². The highest BCUT2D eigenvalue weighted by Gasteiger charge is 2.37. The number of hydrogen-bond acceptors (Lipinski definition) is 3. The summed E-state index contributed by atoms with van der Waals surface area (Å²) in [4.78, 5) is 3.20. The van der Waals surface area contributed by atoms with Gasteiger partial charge in [-0.05, 0) is 6.07 Å². The fourth-order valence-electron chi connectivity index (χ4n) is 1.14. The van der Waals surface area contributed by atoms with Gasteiger partial charge in [0, 0.05) is 11.8 Å². The number of hydrogen-bond donors (Lipinski definition) is 0. The van der Waals surface area contributed by atoms with Gasteiger partial charge in [-0.15, -0.1) is 0 Å². The summed E-state index contributed by atoms with van der Waals surface area (Å²) < 4.78 is 41.9. The first kappa shape index (κ1) is 11.3. The van der Waals surface area contributed by atoms with Gasteiger partial charge in [0.15, 0.2) is 11.4 Å². The second-order valence-corrected chi connectivity index (χ2v) is 2.68. The minimum absolute atomic E-state index is 0.144. The number of rotatable bonds is 2. The summed E-state index contributed by atoms with van der Waals surface area (Å²) in [5.74, 6) is -0.383. The van der Waals surface area contributed by atoms with E-state index < -0.39 is 11.9 Å². The molecule has 0 atom stereocenters. The maximum atomic E-state index is 12.4. The molecule has 0 amide bonds. The van der Waals surface area contributed by atoms with Crippen molar-refractivity contribution >= 4 is 0 Å². The van der Waals surface area contributed by atoms with Crippen molar-refractivity contribution in [2.45, 2.75) is 12.6 Å². The van der Waals surface area contributed by atoms with E-state index in [0.29, 0.717) is 0 Å². The van der Waals surface area contributed by atoms with Crippen molar-refractivity contribution in [2.75, 3.05) is 7.11 Å².